The Labute approximate surface area is 114 Å². The number of thiophene rings is 1. The minimum absolute atomic E-state index is 0.420. The Hall–Kier alpha value is 0.430. The Morgan fingerprint density at radius 2 is 2.06 bits per heavy atom. The van der Waals surface area contributed by atoms with Crippen LogP contribution in [0.15, 0.2) is 15.9 Å². The van der Waals surface area contributed by atoms with Crippen molar-refractivity contribution in [2.24, 2.45) is 0 Å². The molecule has 2 aliphatic heterocycles. The number of hydrogen-bond acceptors (Lipinski definition) is 2. The monoisotopic (exact) mass is 319 g/mol. The summed E-state index contributed by atoms with van der Waals surface area (Å²) in [5, 5.41) is 2.59. The van der Waals surface area contributed by atoms with Gasteiger partial charge in [0.2, 0.25) is 0 Å². The van der Waals surface area contributed by atoms with Crippen LogP contribution < -0.4 is 0 Å². The summed E-state index contributed by atoms with van der Waals surface area (Å²) < 4.78 is 1.21. The van der Waals surface area contributed by atoms with E-state index in [1.54, 1.807) is 0 Å². The summed E-state index contributed by atoms with van der Waals surface area (Å²) in [5.74, 6) is 0. The highest BCUT2D eigenvalue weighted by molar-refractivity contribution is 9.10. The van der Waals surface area contributed by atoms with Gasteiger partial charge in [-0.15, -0.1) is 22.9 Å². The van der Waals surface area contributed by atoms with E-state index in [0.29, 0.717) is 5.38 Å². The number of fused-ring (bicyclic) bond motifs is 2. The molecule has 2 saturated heterocycles. The molecule has 3 heterocycles. The lowest BCUT2D eigenvalue weighted by Gasteiger charge is -2.36. The molecule has 0 amide bonds. The lowest BCUT2D eigenvalue weighted by Crippen LogP contribution is -2.42. The van der Waals surface area contributed by atoms with Crippen molar-refractivity contribution in [3.05, 3.63) is 20.8 Å². The second kappa shape index (κ2) is 4.60. The molecule has 2 aliphatic rings. The fourth-order valence-corrected chi connectivity index (χ4v) is 4.95. The van der Waals surface area contributed by atoms with E-state index in [1.807, 2.05) is 11.3 Å². The maximum absolute atomic E-state index is 6.29. The lowest BCUT2D eigenvalue weighted by molar-refractivity contribution is 0.136. The molecule has 0 saturated carbocycles. The number of halogens is 2. The zero-order valence-electron chi connectivity index (χ0n) is 9.03. The molecule has 0 radical (unpaired) electrons. The van der Waals surface area contributed by atoms with E-state index in [4.69, 9.17) is 11.6 Å². The van der Waals surface area contributed by atoms with E-state index in [2.05, 4.69) is 32.3 Å². The van der Waals surface area contributed by atoms with Crippen molar-refractivity contribution in [2.75, 3.05) is 0 Å². The van der Waals surface area contributed by atoms with Crippen molar-refractivity contribution in [2.45, 2.75) is 49.7 Å². The van der Waals surface area contributed by atoms with Gasteiger partial charge in [0.15, 0.2) is 0 Å². The average molecular weight is 321 g/mol. The molecule has 3 rings (SSSR count). The quantitative estimate of drug-likeness (QED) is 0.737. The van der Waals surface area contributed by atoms with Crippen molar-refractivity contribution in [3.8, 4) is 0 Å². The van der Waals surface area contributed by atoms with Gasteiger partial charge in [-0.1, -0.05) is 0 Å². The predicted molar refractivity (Wildman–Crippen MR) is 73.2 cm³/mol. The summed E-state index contributed by atoms with van der Waals surface area (Å²) in [6, 6.07) is 3.72. The molecule has 4 heteroatoms. The molecule has 2 atom stereocenters. The second-order valence-corrected chi connectivity index (χ2v) is 7.39. The van der Waals surface area contributed by atoms with E-state index >= 15 is 0 Å². The first-order chi connectivity index (χ1) is 7.72. The third-order valence-corrected chi connectivity index (χ3v) is 5.83. The van der Waals surface area contributed by atoms with Crippen molar-refractivity contribution in [1.82, 2.24) is 4.90 Å². The molecule has 2 unspecified atom stereocenters. The average Bonchev–Trinajstić information content (AvgIpc) is 2.72. The summed E-state index contributed by atoms with van der Waals surface area (Å²) in [7, 11) is 0. The number of nitrogens with zero attached hydrogens (tertiary/aromatic N) is 1. The number of rotatable bonds is 2. The Morgan fingerprint density at radius 3 is 2.62 bits per heavy atom. The largest absolute Gasteiger partial charge is 0.292 e. The smallest absolute Gasteiger partial charge is 0.0365 e. The van der Waals surface area contributed by atoms with Crippen LogP contribution in [-0.4, -0.2) is 22.4 Å². The zero-order valence-corrected chi connectivity index (χ0v) is 12.2. The zero-order chi connectivity index (χ0) is 11.1. The maximum atomic E-state index is 6.29. The first-order valence-corrected chi connectivity index (χ1v) is 7.96. The van der Waals surface area contributed by atoms with Crippen LogP contribution in [0, 0.1) is 0 Å². The van der Waals surface area contributed by atoms with Crippen LogP contribution in [-0.2, 0) is 6.54 Å². The fraction of sp³-hybridized carbons (Fsp3) is 0.667. The molecule has 16 heavy (non-hydrogen) atoms. The Balaban J connectivity index is 1.72. The van der Waals surface area contributed by atoms with Crippen molar-refractivity contribution in [3.63, 3.8) is 0 Å². The van der Waals surface area contributed by atoms with Crippen LogP contribution in [0.3, 0.4) is 0 Å². The van der Waals surface area contributed by atoms with Gasteiger partial charge >= 0.3 is 0 Å². The highest BCUT2D eigenvalue weighted by atomic mass is 79.9. The Bertz CT molecular complexity index is 367. The Morgan fingerprint density at radius 1 is 1.38 bits per heavy atom. The summed E-state index contributed by atoms with van der Waals surface area (Å²) >= 11 is 11.7. The molecule has 1 aromatic heterocycles. The minimum atomic E-state index is 0.420. The van der Waals surface area contributed by atoms with Crippen LogP contribution in [0.4, 0.5) is 0 Å². The molecule has 1 aromatic rings. The molecule has 2 bridgehead atoms. The number of hydrogen-bond donors (Lipinski definition) is 0. The van der Waals surface area contributed by atoms with Crippen LogP contribution in [0.5, 0.6) is 0 Å². The van der Waals surface area contributed by atoms with Gasteiger partial charge in [-0.3, -0.25) is 4.90 Å². The standard InChI is InChI=1S/C12H15BrClNS/c13-8-3-12(16-7-8)6-15-10-1-2-11(15)5-9(14)4-10/h3,7,9-11H,1-2,4-6H2. The predicted octanol–water partition coefficient (Wildman–Crippen LogP) is 4.24. The van der Waals surface area contributed by atoms with E-state index < -0.39 is 0 Å². The third kappa shape index (κ3) is 2.20. The van der Waals surface area contributed by atoms with Crippen molar-refractivity contribution in [1.29, 1.82) is 0 Å². The third-order valence-electron chi connectivity index (χ3n) is 3.79. The molecule has 2 fully saturated rings. The van der Waals surface area contributed by atoms with Gasteiger partial charge in [0.1, 0.15) is 0 Å². The highest BCUT2D eigenvalue weighted by Crippen LogP contribution is 2.39. The first-order valence-electron chi connectivity index (χ1n) is 5.85. The van der Waals surface area contributed by atoms with E-state index in [1.165, 1.54) is 35.0 Å². The maximum Gasteiger partial charge on any atom is 0.0365 e. The topological polar surface area (TPSA) is 3.24 Å². The molecule has 88 valence electrons. The van der Waals surface area contributed by atoms with Crippen LogP contribution in [0.25, 0.3) is 0 Å². The SMILES string of the molecule is ClC1CC2CCC(C1)N2Cc1cc(Br)cs1. The van der Waals surface area contributed by atoms with Gasteiger partial charge in [0.25, 0.3) is 0 Å². The fourth-order valence-electron chi connectivity index (χ4n) is 3.08. The molecular weight excluding hydrogens is 306 g/mol. The van der Waals surface area contributed by atoms with E-state index in [9.17, 15) is 0 Å². The molecular formula is C12H15BrClNS. The summed E-state index contributed by atoms with van der Waals surface area (Å²) in [5.41, 5.74) is 0. The van der Waals surface area contributed by atoms with Crippen molar-refractivity contribution >= 4 is 38.9 Å². The normalized spacial score (nSPS) is 34.5. The van der Waals surface area contributed by atoms with Crippen molar-refractivity contribution < 1.29 is 0 Å². The van der Waals surface area contributed by atoms with Gasteiger partial charge in [-0.25, -0.2) is 0 Å². The minimum Gasteiger partial charge on any atom is -0.292 e. The summed E-state index contributed by atoms with van der Waals surface area (Å²) in [6.07, 6.45) is 5.07. The van der Waals surface area contributed by atoms with Gasteiger partial charge in [-0.05, 0) is 47.7 Å². The van der Waals surface area contributed by atoms with Gasteiger partial charge in [0, 0.05) is 38.7 Å². The molecule has 1 nitrogen and oxygen atoms in total. The van der Waals surface area contributed by atoms with Gasteiger partial charge in [-0.2, -0.15) is 0 Å². The van der Waals surface area contributed by atoms with Crippen LogP contribution in [0.2, 0.25) is 0 Å². The summed E-state index contributed by atoms with van der Waals surface area (Å²) in [4.78, 5) is 4.15. The highest BCUT2D eigenvalue weighted by Gasteiger charge is 2.39. The van der Waals surface area contributed by atoms with E-state index in [0.717, 1.165) is 18.6 Å². The number of alkyl halides is 1. The van der Waals surface area contributed by atoms with Gasteiger partial charge in [0.05, 0.1) is 0 Å². The number of piperidine rings is 1. The molecule has 0 N–H and O–H groups in total. The van der Waals surface area contributed by atoms with Gasteiger partial charge < -0.3 is 0 Å². The van der Waals surface area contributed by atoms with E-state index in [-0.39, 0.29) is 0 Å². The Kier molecular flexibility index (Phi) is 3.31. The lowest BCUT2D eigenvalue weighted by atomic mass is 10.0. The molecule has 0 spiro atoms. The summed E-state index contributed by atoms with van der Waals surface area (Å²) in [6.45, 7) is 1.12. The van der Waals surface area contributed by atoms with Crippen LogP contribution in [0.1, 0.15) is 30.6 Å². The second-order valence-electron chi connectivity index (χ2n) is 4.86. The molecule has 0 aliphatic carbocycles. The molecule has 0 aromatic carbocycles. The first kappa shape index (κ1) is 11.5. The van der Waals surface area contributed by atoms with Crippen LogP contribution >= 0.6 is 38.9 Å².